The van der Waals surface area contributed by atoms with Gasteiger partial charge in [-0.3, -0.25) is 4.79 Å². The molecule has 4 nitrogen and oxygen atoms in total. The van der Waals surface area contributed by atoms with Crippen LogP contribution in [0.2, 0.25) is 0 Å². The van der Waals surface area contributed by atoms with Gasteiger partial charge in [-0.2, -0.15) is 0 Å². The van der Waals surface area contributed by atoms with Crippen LogP contribution in [0.4, 0.5) is 4.39 Å². The molecule has 120 valence electrons. The van der Waals surface area contributed by atoms with Crippen LogP contribution in [0.15, 0.2) is 24.3 Å². The van der Waals surface area contributed by atoms with E-state index in [9.17, 15) is 9.18 Å². The zero-order valence-corrected chi connectivity index (χ0v) is 12.8. The SMILES string of the molecule is CC[C@@H](CNC(=O)[C@H]1C[C@@H]2CC[C@@H]1O2)Oc1cccc(F)c1. The molecule has 0 saturated carbocycles. The van der Waals surface area contributed by atoms with Crippen LogP contribution in [-0.2, 0) is 9.53 Å². The lowest BCUT2D eigenvalue weighted by atomic mass is 9.88. The Morgan fingerprint density at radius 1 is 1.50 bits per heavy atom. The van der Waals surface area contributed by atoms with Crippen molar-refractivity contribution in [1.29, 1.82) is 0 Å². The summed E-state index contributed by atoms with van der Waals surface area (Å²) in [6, 6.07) is 6.07. The van der Waals surface area contributed by atoms with Gasteiger partial charge in [0.2, 0.25) is 5.91 Å². The minimum absolute atomic E-state index is 0.0228. The molecule has 22 heavy (non-hydrogen) atoms. The fraction of sp³-hybridized carbons (Fsp3) is 0.588. The van der Waals surface area contributed by atoms with Gasteiger partial charge in [0.25, 0.3) is 0 Å². The van der Waals surface area contributed by atoms with Crippen molar-refractivity contribution in [2.75, 3.05) is 6.54 Å². The maximum atomic E-state index is 13.2. The minimum Gasteiger partial charge on any atom is -0.489 e. The molecule has 0 spiro atoms. The number of carbonyl (C=O) groups is 1. The van der Waals surface area contributed by atoms with Crippen molar-refractivity contribution in [3.8, 4) is 5.75 Å². The standard InChI is InChI=1S/C17H22FNO3/c1-2-12(21-13-5-3-4-11(18)8-13)10-19-17(20)15-9-14-6-7-16(15)22-14/h3-5,8,12,14-16H,2,6-7,9-10H2,1H3,(H,19,20)/t12-,14-,15-,16-/m0/s1. The monoisotopic (exact) mass is 307 g/mol. The van der Waals surface area contributed by atoms with E-state index >= 15 is 0 Å². The van der Waals surface area contributed by atoms with E-state index in [1.807, 2.05) is 6.92 Å². The van der Waals surface area contributed by atoms with Gasteiger partial charge in [0.15, 0.2) is 0 Å². The molecule has 1 aromatic rings. The van der Waals surface area contributed by atoms with Crippen LogP contribution < -0.4 is 10.1 Å². The van der Waals surface area contributed by atoms with E-state index in [0.29, 0.717) is 12.3 Å². The van der Waals surface area contributed by atoms with Crippen molar-refractivity contribution in [2.24, 2.45) is 5.92 Å². The smallest absolute Gasteiger partial charge is 0.225 e. The molecule has 0 aromatic heterocycles. The van der Waals surface area contributed by atoms with Gasteiger partial charge in [-0.15, -0.1) is 0 Å². The van der Waals surface area contributed by atoms with Gasteiger partial charge in [0, 0.05) is 6.07 Å². The van der Waals surface area contributed by atoms with Crippen LogP contribution in [0.5, 0.6) is 5.75 Å². The average molecular weight is 307 g/mol. The van der Waals surface area contributed by atoms with E-state index < -0.39 is 0 Å². The number of halogens is 1. The second-order valence-corrected chi connectivity index (χ2v) is 6.07. The number of rotatable bonds is 6. The number of ether oxygens (including phenoxy) is 2. The van der Waals surface area contributed by atoms with Gasteiger partial charge in [0.05, 0.1) is 24.7 Å². The molecule has 2 saturated heterocycles. The summed E-state index contributed by atoms with van der Waals surface area (Å²) in [6.07, 6.45) is 3.84. The van der Waals surface area contributed by atoms with E-state index in [2.05, 4.69) is 5.32 Å². The Bertz CT molecular complexity index is 536. The summed E-state index contributed by atoms with van der Waals surface area (Å²) in [5.41, 5.74) is 0. The van der Waals surface area contributed by atoms with E-state index in [1.54, 1.807) is 12.1 Å². The zero-order chi connectivity index (χ0) is 15.5. The normalized spacial score (nSPS) is 27.6. The summed E-state index contributed by atoms with van der Waals surface area (Å²) in [7, 11) is 0. The molecule has 1 aromatic carbocycles. The number of nitrogens with one attached hydrogen (secondary N) is 1. The summed E-state index contributed by atoms with van der Waals surface area (Å²) in [5, 5.41) is 2.96. The maximum absolute atomic E-state index is 13.2. The minimum atomic E-state index is -0.324. The third kappa shape index (κ3) is 3.40. The van der Waals surface area contributed by atoms with Crippen molar-refractivity contribution in [3.05, 3.63) is 30.1 Å². The second kappa shape index (κ2) is 6.65. The highest BCUT2D eigenvalue weighted by molar-refractivity contribution is 5.79. The maximum Gasteiger partial charge on any atom is 0.225 e. The molecule has 2 bridgehead atoms. The Labute approximate surface area is 130 Å². The summed E-state index contributed by atoms with van der Waals surface area (Å²) in [4.78, 5) is 12.3. The van der Waals surface area contributed by atoms with Crippen molar-refractivity contribution in [3.63, 3.8) is 0 Å². The molecule has 4 atom stereocenters. The third-order valence-corrected chi connectivity index (χ3v) is 4.50. The number of fused-ring (bicyclic) bond motifs is 2. The number of benzene rings is 1. The zero-order valence-electron chi connectivity index (χ0n) is 12.8. The van der Waals surface area contributed by atoms with Crippen molar-refractivity contribution >= 4 is 5.91 Å². The lowest BCUT2D eigenvalue weighted by molar-refractivity contribution is -0.126. The Morgan fingerprint density at radius 2 is 2.36 bits per heavy atom. The number of hydrogen-bond donors (Lipinski definition) is 1. The highest BCUT2D eigenvalue weighted by Crippen LogP contribution is 2.38. The van der Waals surface area contributed by atoms with Crippen molar-refractivity contribution in [1.82, 2.24) is 5.32 Å². The molecule has 1 amide bonds. The first-order valence-corrected chi connectivity index (χ1v) is 8.01. The molecule has 0 unspecified atom stereocenters. The Morgan fingerprint density at radius 3 is 3.00 bits per heavy atom. The molecule has 0 radical (unpaired) electrons. The highest BCUT2D eigenvalue weighted by atomic mass is 19.1. The molecule has 2 aliphatic heterocycles. The lowest BCUT2D eigenvalue weighted by Gasteiger charge is -2.21. The molecular weight excluding hydrogens is 285 g/mol. The van der Waals surface area contributed by atoms with Crippen LogP contribution in [0.3, 0.4) is 0 Å². The molecule has 5 heteroatoms. The van der Waals surface area contributed by atoms with Gasteiger partial charge in [0.1, 0.15) is 17.7 Å². The summed E-state index contributed by atoms with van der Waals surface area (Å²) < 4.78 is 24.6. The van der Waals surface area contributed by atoms with Crippen molar-refractivity contribution < 1.29 is 18.7 Å². The predicted molar refractivity (Wildman–Crippen MR) is 80.1 cm³/mol. The first-order chi connectivity index (χ1) is 10.7. The van der Waals surface area contributed by atoms with Crippen LogP contribution in [0, 0.1) is 11.7 Å². The highest BCUT2D eigenvalue weighted by Gasteiger charge is 2.44. The Hall–Kier alpha value is -1.62. The molecular formula is C17H22FNO3. The quantitative estimate of drug-likeness (QED) is 0.879. The van der Waals surface area contributed by atoms with E-state index in [0.717, 1.165) is 25.7 Å². The number of carbonyl (C=O) groups excluding carboxylic acids is 1. The van der Waals surface area contributed by atoms with E-state index in [4.69, 9.17) is 9.47 Å². The van der Waals surface area contributed by atoms with Gasteiger partial charge in [-0.05, 0) is 37.8 Å². The first kappa shape index (κ1) is 15.3. The van der Waals surface area contributed by atoms with Crippen LogP contribution in [0.25, 0.3) is 0 Å². The number of amides is 1. The largest absolute Gasteiger partial charge is 0.489 e. The Balaban J connectivity index is 1.49. The fourth-order valence-corrected chi connectivity index (χ4v) is 3.26. The van der Waals surface area contributed by atoms with E-state index in [1.165, 1.54) is 12.1 Å². The van der Waals surface area contributed by atoms with Gasteiger partial charge >= 0.3 is 0 Å². The fourth-order valence-electron chi connectivity index (χ4n) is 3.26. The van der Waals surface area contributed by atoms with Crippen LogP contribution in [-0.4, -0.2) is 30.8 Å². The molecule has 1 N–H and O–H groups in total. The summed E-state index contributed by atoms with van der Waals surface area (Å²) in [6.45, 7) is 2.41. The lowest BCUT2D eigenvalue weighted by Crippen LogP contribution is -2.41. The molecule has 3 rings (SSSR count). The molecule has 2 heterocycles. The Kier molecular flexibility index (Phi) is 4.62. The summed E-state index contributed by atoms with van der Waals surface area (Å²) >= 11 is 0. The number of hydrogen-bond acceptors (Lipinski definition) is 3. The topological polar surface area (TPSA) is 47.6 Å². The first-order valence-electron chi connectivity index (χ1n) is 8.01. The van der Waals surface area contributed by atoms with Gasteiger partial charge in [-0.1, -0.05) is 13.0 Å². The predicted octanol–water partition coefficient (Wildman–Crippen LogP) is 2.67. The second-order valence-electron chi connectivity index (χ2n) is 6.07. The average Bonchev–Trinajstić information content (AvgIpc) is 3.14. The van der Waals surface area contributed by atoms with Crippen molar-refractivity contribution in [2.45, 2.75) is 50.9 Å². The third-order valence-electron chi connectivity index (χ3n) is 4.50. The van der Waals surface area contributed by atoms with Gasteiger partial charge in [-0.25, -0.2) is 4.39 Å². The molecule has 2 aliphatic rings. The van der Waals surface area contributed by atoms with Crippen LogP contribution in [0.1, 0.15) is 32.6 Å². The molecule has 2 fully saturated rings. The van der Waals surface area contributed by atoms with E-state index in [-0.39, 0.29) is 36.0 Å². The van der Waals surface area contributed by atoms with Gasteiger partial charge < -0.3 is 14.8 Å². The van der Waals surface area contributed by atoms with Crippen LogP contribution >= 0.6 is 0 Å². The summed E-state index contributed by atoms with van der Waals surface area (Å²) in [5.74, 6) is 0.193. The molecule has 0 aliphatic carbocycles.